The van der Waals surface area contributed by atoms with Crippen molar-refractivity contribution in [3.8, 4) is 0 Å². The number of aromatic amines is 1. The Labute approximate surface area is 159 Å². The second-order valence-electron chi connectivity index (χ2n) is 5.80. The zero-order valence-electron chi connectivity index (χ0n) is 14.4. The van der Waals surface area contributed by atoms with Crippen LogP contribution in [-0.4, -0.2) is 24.0 Å². The van der Waals surface area contributed by atoms with E-state index in [2.05, 4.69) is 4.98 Å². The van der Waals surface area contributed by atoms with E-state index in [0.717, 1.165) is 5.39 Å². The van der Waals surface area contributed by atoms with Gasteiger partial charge in [0.1, 0.15) is 0 Å². The predicted octanol–water partition coefficient (Wildman–Crippen LogP) is 3.18. The number of ether oxygens (including phenoxy) is 2. The molecule has 6 nitrogen and oxygen atoms in total. The monoisotopic (exact) mass is 385 g/mol. The summed E-state index contributed by atoms with van der Waals surface area (Å²) >= 11 is 6.10. The Morgan fingerprint density at radius 1 is 1.11 bits per heavy atom. The summed E-state index contributed by atoms with van der Waals surface area (Å²) in [6.07, 6.45) is -1.60. The first-order chi connectivity index (χ1) is 13.0. The first-order valence-corrected chi connectivity index (χ1v) is 8.50. The fourth-order valence-corrected chi connectivity index (χ4v) is 2.92. The number of aromatic nitrogens is 1. The molecule has 1 atom stereocenters. The van der Waals surface area contributed by atoms with Crippen molar-refractivity contribution in [1.82, 2.24) is 4.98 Å². The maximum Gasteiger partial charge on any atom is 0.352 e. The van der Waals surface area contributed by atoms with Crippen LogP contribution in [0.5, 0.6) is 0 Å². The molecule has 0 aliphatic carbocycles. The average Bonchev–Trinajstić information content (AvgIpc) is 2.67. The number of H-pyrrole nitrogens is 1. The number of hydrogen-bond acceptors (Lipinski definition) is 5. The van der Waals surface area contributed by atoms with Gasteiger partial charge in [-0.2, -0.15) is 0 Å². The first kappa shape index (κ1) is 18.7. The van der Waals surface area contributed by atoms with Crippen molar-refractivity contribution < 1.29 is 19.1 Å². The number of pyridine rings is 1. The third-order valence-corrected chi connectivity index (χ3v) is 4.36. The molecule has 1 unspecified atom stereocenters. The molecule has 0 saturated heterocycles. The number of methoxy groups -OCH3 is 1. The molecule has 0 bridgehead atoms. The number of para-hydroxylation sites is 1. The van der Waals surface area contributed by atoms with Crippen LogP contribution in [0.25, 0.3) is 10.9 Å². The molecule has 0 spiro atoms. The van der Waals surface area contributed by atoms with Crippen LogP contribution < -0.4 is 5.56 Å². The van der Waals surface area contributed by atoms with Gasteiger partial charge in [-0.3, -0.25) is 9.59 Å². The van der Waals surface area contributed by atoms with Crippen LogP contribution in [0.4, 0.5) is 0 Å². The number of rotatable bonds is 5. The second-order valence-corrected chi connectivity index (χ2v) is 6.21. The number of carbonyl (C=O) groups is 2. The van der Waals surface area contributed by atoms with E-state index in [1.54, 1.807) is 42.5 Å². The largest absolute Gasteiger partial charge is 0.466 e. The minimum Gasteiger partial charge on any atom is -0.466 e. The summed E-state index contributed by atoms with van der Waals surface area (Å²) in [6.45, 7) is 0. The van der Waals surface area contributed by atoms with Gasteiger partial charge < -0.3 is 14.5 Å². The highest BCUT2D eigenvalue weighted by atomic mass is 35.5. The molecule has 3 aromatic rings. The van der Waals surface area contributed by atoms with E-state index in [9.17, 15) is 14.4 Å². The van der Waals surface area contributed by atoms with Gasteiger partial charge in [0.05, 0.1) is 13.5 Å². The van der Waals surface area contributed by atoms with Gasteiger partial charge in [0.2, 0.25) is 6.10 Å². The van der Waals surface area contributed by atoms with Crippen LogP contribution in [0, 0.1) is 0 Å². The number of carbonyl (C=O) groups excluding carboxylic acids is 2. The van der Waals surface area contributed by atoms with E-state index in [1.807, 2.05) is 12.1 Å². The van der Waals surface area contributed by atoms with E-state index in [4.69, 9.17) is 21.1 Å². The summed E-state index contributed by atoms with van der Waals surface area (Å²) in [4.78, 5) is 39.4. The fourth-order valence-electron chi connectivity index (χ4n) is 2.69. The highest BCUT2D eigenvalue weighted by Gasteiger charge is 2.28. The molecule has 7 heteroatoms. The quantitative estimate of drug-likeness (QED) is 0.682. The molecular weight excluding hydrogens is 370 g/mol. The smallest absolute Gasteiger partial charge is 0.352 e. The van der Waals surface area contributed by atoms with Crippen LogP contribution in [0.3, 0.4) is 0 Å². The summed E-state index contributed by atoms with van der Waals surface area (Å²) < 4.78 is 10.0. The molecule has 1 heterocycles. The summed E-state index contributed by atoms with van der Waals surface area (Å²) in [5, 5.41) is 1.06. The van der Waals surface area contributed by atoms with Gasteiger partial charge in [-0.1, -0.05) is 48.0 Å². The molecule has 0 aliphatic rings. The Morgan fingerprint density at radius 2 is 1.81 bits per heavy atom. The van der Waals surface area contributed by atoms with Crippen LogP contribution in [0.15, 0.2) is 59.4 Å². The molecule has 0 radical (unpaired) electrons. The van der Waals surface area contributed by atoms with Gasteiger partial charge >= 0.3 is 11.9 Å². The van der Waals surface area contributed by atoms with Crippen molar-refractivity contribution in [2.75, 3.05) is 7.11 Å². The summed E-state index contributed by atoms with van der Waals surface area (Å²) in [5.74, 6) is -1.50. The van der Waals surface area contributed by atoms with Crippen LogP contribution in [0.2, 0.25) is 5.02 Å². The van der Waals surface area contributed by atoms with Crippen molar-refractivity contribution in [2.24, 2.45) is 0 Å². The number of fused-ring (bicyclic) bond motifs is 1. The zero-order chi connectivity index (χ0) is 19.4. The van der Waals surface area contributed by atoms with E-state index < -0.39 is 23.6 Å². The van der Waals surface area contributed by atoms with E-state index in [1.165, 1.54) is 7.11 Å². The van der Waals surface area contributed by atoms with Gasteiger partial charge in [-0.05, 0) is 23.6 Å². The number of nitrogens with one attached hydrogen (secondary N) is 1. The van der Waals surface area contributed by atoms with Crippen molar-refractivity contribution in [2.45, 2.75) is 12.5 Å². The van der Waals surface area contributed by atoms with Gasteiger partial charge in [0.25, 0.3) is 5.56 Å². The molecule has 138 valence electrons. The number of halogens is 1. The Hall–Kier alpha value is -3.12. The lowest BCUT2D eigenvalue weighted by Crippen LogP contribution is -2.24. The lowest BCUT2D eigenvalue weighted by atomic mass is 10.1. The molecular formula is C20H16ClNO5. The molecule has 1 N–H and O–H groups in total. The van der Waals surface area contributed by atoms with E-state index in [0.29, 0.717) is 11.1 Å². The van der Waals surface area contributed by atoms with Gasteiger partial charge in [0, 0.05) is 21.7 Å². The minimum atomic E-state index is -1.31. The number of hydrogen-bond donors (Lipinski definition) is 1. The molecule has 0 amide bonds. The summed E-state index contributed by atoms with van der Waals surface area (Å²) in [7, 11) is 1.19. The first-order valence-electron chi connectivity index (χ1n) is 8.12. The molecule has 2 aromatic carbocycles. The fraction of sp³-hybridized carbons (Fsp3) is 0.150. The topological polar surface area (TPSA) is 85.5 Å². The summed E-state index contributed by atoms with van der Waals surface area (Å²) in [5.41, 5.74) is 0.828. The Morgan fingerprint density at radius 3 is 2.56 bits per heavy atom. The third-order valence-electron chi connectivity index (χ3n) is 4.02. The SMILES string of the molecule is COC(=O)C(OC(=O)Cc1cc2ccccc2[nH]c1=O)c1ccccc1Cl. The average molecular weight is 386 g/mol. The number of benzene rings is 2. The Bertz CT molecular complexity index is 1060. The molecule has 0 aliphatic heterocycles. The molecule has 27 heavy (non-hydrogen) atoms. The molecule has 0 fully saturated rings. The molecule has 0 saturated carbocycles. The van der Waals surface area contributed by atoms with Crippen LogP contribution >= 0.6 is 11.6 Å². The van der Waals surface area contributed by atoms with Crippen LogP contribution in [0.1, 0.15) is 17.2 Å². The van der Waals surface area contributed by atoms with Gasteiger partial charge in [-0.25, -0.2) is 4.79 Å². The molecule has 3 rings (SSSR count). The van der Waals surface area contributed by atoms with E-state index >= 15 is 0 Å². The lowest BCUT2D eigenvalue weighted by Gasteiger charge is -2.17. The zero-order valence-corrected chi connectivity index (χ0v) is 15.2. The van der Waals surface area contributed by atoms with Crippen molar-refractivity contribution in [1.29, 1.82) is 0 Å². The normalized spacial score (nSPS) is 11.8. The maximum atomic E-state index is 12.4. The Balaban J connectivity index is 1.85. The second kappa shape index (κ2) is 8.05. The van der Waals surface area contributed by atoms with Crippen molar-refractivity contribution in [3.63, 3.8) is 0 Å². The lowest BCUT2D eigenvalue weighted by molar-refractivity contribution is -0.166. The third kappa shape index (κ3) is 4.17. The number of esters is 2. The van der Waals surface area contributed by atoms with E-state index in [-0.39, 0.29) is 17.0 Å². The van der Waals surface area contributed by atoms with Crippen LogP contribution in [-0.2, 0) is 25.5 Å². The highest BCUT2D eigenvalue weighted by Crippen LogP contribution is 2.27. The Kier molecular flexibility index (Phi) is 5.57. The maximum absolute atomic E-state index is 12.4. The standard InChI is InChI=1S/C20H16ClNO5/c1-26-20(25)18(14-7-3-4-8-15(14)21)27-17(23)11-13-10-12-6-2-5-9-16(12)22-19(13)24/h2-10,18H,11H2,1H3,(H,22,24). The van der Waals surface area contributed by atoms with Gasteiger partial charge in [-0.15, -0.1) is 0 Å². The van der Waals surface area contributed by atoms with Crippen molar-refractivity contribution >= 4 is 34.4 Å². The van der Waals surface area contributed by atoms with Crippen molar-refractivity contribution in [3.05, 3.63) is 81.1 Å². The summed E-state index contributed by atoms with van der Waals surface area (Å²) in [6, 6.07) is 15.3. The predicted molar refractivity (Wildman–Crippen MR) is 101 cm³/mol. The highest BCUT2D eigenvalue weighted by molar-refractivity contribution is 6.31. The van der Waals surface area contributed by atoms with Gasteiger partial charge in [0.15, 0.2) is 0 Å². The minimum absolute atomic E-state index is 0.237. The molecule has 1 aromatic heterocycles.